The molecule has 0 bridgehead atoms. The number of H-pyrrole nitrogens is 1. The highest BCUT2D eigenvalue weighted by molar-refractivity contribution is 6.00. The third-order valence-corrected chi connectivity index (χ3v) is 3.69. The number of rotatable bonds is 3. The zero-order valence-corrected chi connectivity index (χ0v) is 11.5. The summed E-state index contributed by atoms with van der Waals surface area (Å²) in [5.74, 6) is 0.0130. The molecule has 0 radical (unpaired) electrons. The van der Waals surface area contributed by atoms with Crippen LogP contribution in [0.4, 0.5) is 0 Å². The Morgan fingerprint density at radius 2 is 1.89 bits per heavy atom. The van der Waals surface area contributed by atoms with Crippen molar-refractivity contribution in [3.05, 3.63) is 39.9 Å². The normalized spacial score (nSPS) is 17.8. The summed E-state index contributed by atoms with van der Waals surface area (Å²) in [5.41, 5.74) is 6.57. The summed E-state index contributed by atoms with van der Waals surface area (Å²) in [6, 6.07) is 0. The molecule has 1 aliphatic heterocycles. The lowest BCUT2D eigenvalue weighted by Gasteiger charge is -2.03. The highest BCUT2D eigenvalue weighted by Gasteiger charge is 2.20. The Balaban J connectivity index is 2.41. The minimum atomic E-state index is 0.0130. The van der Waals surface area contributed by atoms with E-state index in [0.29, 0.717) is 0 Å². The quantitative estimate of drug-likeness (QED) is 0.843. The van der Waals surface area contributed by atoms with Gasteiger partial charge >= 0.3 is 0 Å². The number of hydrogen-bond donors (Lipinski definition) is 2. The Kier molecular flexibility index (Phi) is 3.41. The zero-order chi connectivity index (χ0) is 13.3. The maximum absolute atomic E-state index is 11.6. The lowest BCUT2D eigenvalue weighted by atomic mass is 10.0. The standard InChI is InChI=1S/C15H20N2O/c1-5-11-8-16-14(12(11)6-2)7-13-9(3)10(4)15(18)17-13/h7-8,16H,5-6H2,1-4H3,(H,17,18)/b13-7+. The SMILES string of the molecule is CCc1c[nH]c(/C=C2/NC(=O)C(C)=C2C)c1CC. The Morgan fingerprint density at radius 3 is 2.39 bits per heavy atom. The summed E-state index contributed by atoms with van der Waals surface area (Å²) >= 11 is 0. The van der Waals surface area contributed by atoms with E-state index in [9.17, 15) is 4.79 Å². The third-order valence-electron chi connectivity index (χ3n) is 3.69. The van der Waals surface area contributed by atoms with Crippen molar-refractivity contribution in [1.82, 2.24) is 10.3 Å². The van der Waals surface area contributed by atoms with Crippen LogP contribution in [0.5, 0.6) is 0 Å². The second kappa shape index (κ2) is 4.84. The molecule has 1 aliphatic rings. The number of carbonyl (C=O) groups is 1. The second-order valence-electron chi connectivity index (χ2n) is 4.68. The van der Waals surface area contributed by atoms with E-state index < -0.39 is 0 Å². The molecule has 0 fully saturated rings. The first-order valence-corrected chi connectivity index (χ1v) is 6.48. The van der Waals surface area contributed by atoms with Gasteiger partial charge in [0.05, 0.1) is 0 Å². The summed E-state index contributed by atoms with van der Waals surface area (Å²) in [5, 5.41) is 2.91. The molecule has 2 heterocycles. The van der Waals surface area contributed by atoms with E-state index in [1.807, 2.05) is 19.9 Å². The average molecular weight is 244 g/mol. The van der Waals surface area contributed by atoms with E-state index in [1.54, 1.807) is 0 Å². The minimum absolute atomic E-state index is 0.0130. The van der Waals surface area contributed by atoms with Crippen LogP contribution >= 0.6 is 0 Å². The number of hydrogen-bond acceptors (Lipinski definition) is 1. The molecular formula is C15H20N2O. The number of allylic oxidation sites excluding steroid dienone is 1. The second-order valence-corrected chi connectivity index (χ2v) is 4.68. The lowest BCUT2D eigenvalue weighted by molar-refractivity contribution is -0.116. The van der Waals surface area contributed by atoms with E-state index in [4.69, 9.17) is 0 Å². The van der Waals surface area contributed by atoms with E-state index in [1.165, 1.54) is 11.1 Å². The van der Waals surface area contributed by atoms with Gasteiger partial charge in [-0.15, -0.1) is 0 Å². The summed E-state index contributed by atoms with van der Waals surface area (Å²) in [6.45, 7) is 8.16. The maximum Gasteiger partial charge on any atom is 0.251 e. The third kappa shape index (κ3) is 2.01. The van der Waals surface area contributed by atoms with Crippen LogP contribution < -0.4 is 5.32 Å². The molecule has 0 saturated carbocycles. The average Bonchev–Trinajstić information content (AvgIpc) is 2.87. The predicted octanol–water partition coefficient (Wildman–Crippen LogP) is 2.95. The van der Waals surface area contributed by atoms with Gasteiger partial charge < -0.3 is 10.3 Å². The Bertz CT molecular complexity index is 547. The fourth-order valence-electron chi connectivity index (χ4n) is 2.34. The van der Waals surface area contributed by atoms with Crippen molar-refractivity contribution in [1.29, 1.82) is 0 Å². The van der Waals surface area contributed by atoms with Crippen LogP contribution in [0.25, 0.3) is 6.08 Å². The molecule has 0 unspecified atom stereocenters. The Morgan fingerprint density at radius 1 is 1.17 bits per heavy atom. The Labute approximate surface area is 108 Å². The van der Waals surface area contributed by atoms with Gasteiger partial charge in [-0.1, -0.05) is 13.8 Å². The van der Waals surface area contributed by atoms with E-state index in [2.05, 4.69) is 30.3 Å². The monoisotopic (exact) mass is 244 g/mol. The summed E-state index contributed by atoms with van der Waals surface area (Å²) in [6.07, 6.45) is 6.14. The minimum Gasteiger partial charge on any atom is -0.361 e. The van der Waals surface area contributed by atoms with Crippen molar-refractivity contribution in [2.45, 2.75) is 40.5 Å². The van der Waals surface area contributed by atoms with Crippen molar-refractivity contribution >= 4 is 12.0 Å². The number of aromatic amines is 1. The van der Waals surface area contributed by atoms with Crippen molar-refractivity contribution in [2.75, 3.05) is 0 Å². The molecule has 0 spiro atoms. The van der Waals surface area contributed by atoms with Gasteiger partial charge in [-0.25, -0.2) is 0 Å². The summed E-state index contributed by atoms with van der Waals surface area (Å²) in [4.78, 5) is 14.9. The van der Waals surface area contributed by atoms with Gasteiger partial charge in [0.2, 0.25) is 0 Å². The first kappa shape index (κ1) is 12.7. The molecule has 2 rings (SSSR count). The highest BCUT2D eigenvalue weighted by Crippen LogP contribution is 2.24. The van der Waals surface area contributed by atoms with Crippen molar-refractivity contribution < 1.29 is 4.79 Å². The van der Waals surface area contributed by atoms with Gasteiger partial charge in [0.25, 0.3) is 5.91 Å². The Hall–Kier alpha value is -1.77. The number of nitrogens with one attached hydrogen (secondary N) is 2. The molecule has 0 saturated heterocycles. The number of amides is 1. The van der Waals surface area contributed by atoms with Gasteiger partial charge in [-0.05, 0) is 49.5 Å². The molecular weight excluding hydrogens is 224 g/mol. The van der Waals surface area contributed by atoms with Gasteiger partial charge in [0.15, 0.2) is 0 Å². The molecule has 96 valence electrons. The molecule has 3 heteroatoms. The van der Waals surface area contributed by atoms with E-state index in [-0.39, 0.29) is 5.91 Å². The smallest absolute Gasteiger partial charge is 0.251 e. The fourth-order valence-corrected chi connectivity index (χ4v) is 2.34. The van der Waals surface area contributed by atoms with Crippen LogP contribution in [0.1, 0.15) is 44.5 Å². The molecule has 2 N–H and O–H groups in total. The molecule has 0 aromatic carbocycles. The predicted molar refractivity (Wildman–Crippen MR) is 74.0 cm³/mol. The van der Waals surface area contributed by atoms with Crippen LogP contribution in [0.3, 0.4) is 0 Å². The molecule has 0 aliphatic carbocycles. The first-order valence-electron chi connectivity index (χ1n) is 6.48. The maximum atomic E-state index is 11.6. The van der Waals surface area contributed by atoms with Gasteiger partial charge in [-0.2, -0.15) is 0 Å². The molecule has 0 atom stereocenters. The van der Waals surface area contributed by atoms with Gasteiger partial charge in [0, 0.05) is 23.2 Å². The van der Waals surface area contributed by atoms with Crippen LogP contribution in [0.2, 0.25) is 0 Å². The van der Waals surface area contributed by atoms with Gasteiger partial charge in [-0.3, -0.25) is 4.79 Å². The van der Waals surface area contributed by atoms with Crippen LogP contribution in [-0.4, -0.2) is 10.9 Å². The molecule has 1 aromatic heterocycles. The van der Waals surface area contributed by atoms with Crippen LogP contribution in [-0.2, 0) is 17.6 Å². The summed E-state index contributed by atoms with van der Waals surface area (Å²) in [7, 11) is 0. The fraction of sp³-hybridized carbons (Fsp3) is 0.400. The number of aromatic nitrogens is 1. The van der Waals surface area contributed by atoms with Crippen molar-refractivity contribution in [3.8, 4) is 0 Å². The van der Waals surface area contributed by atoms with Crippen LogP contribution in [0.15, 0.2) is 23.0 Å². The number of carbonyl (C=O) groups excluding carboxylic acids is 1. The topological polar surface area (TPSA) is 44.9 Å². The zero-order valence-electron chi connectivity index (χ0n) is 11.5. The lowest BCUT2D eigenvalue weighted by Crippen LogP contribution is -2.15. The van der Waals surface area contributed by atoms with E-state index >= 15 is 0 Å². The van der Waals surface area contributed by atoms with Crippen molar-refractivity contribution in [3.63, 3.8) is 0 Å². The first-order chi connectivity index (χ1) is 8.58. The number of aryl methyl sites for hydroxylation is 1. The highest BCUT2D eigenvalue weighted by atomic mass is 16.1. The van der Waals surface area contributed by atoms with Crippen molar-refractivity contribution in [2.24, 2.45) is 0 Å². The molecule has 1 amide bonds. The van der Waals surface area contributed by atoms with Gasteiger partial charge in [0.1, 0.15) is 0 Å². The molecule has 18 heavy (non-hydrogen) atoms. The largest absolute Gasteiger partial charge is 0.361 e. The molecule has 3 nitrogen and oxygen atoms in total. The summed E-state index contributed by atoms with van der Waals surface area (Å²) < 4.78 is 0. The van der Waals surface area contributed by atoms with E-state index in [0.717, 1.165) is 35.4 Å². The molecule has 1 aromatic rings. The van der Waals surface area contributed by atoms with Crippen LogP contribution in [0, 0.1) is 0 Å².